The number of hydrogen-bond donors (Lipinski definition) is 0. The van der Waals surface area contributed by atoms with E-state index in [0.29, 0.717) is 43.1 Å². The molecule has 0 radical (unpaired) electrons. The van der Waals surface area contributed by atoms with Crippen LogP contribution >= 0.6 is 0 Å². The van der Waals surface area contributed by atoms with E-state index < -0.39 is 5.60 Å². The van der Waals surface area contributed by atoms with E-state index >= 15 is 0 Å². The zero-order chi connectivity index (χ0) is 19.3. The standard InChI is InChI=1S/C18H19N7O3/c1-22-17(27)24-10-18(28-8-15(24)21-22)6-7-23(9-18)16(26)13-4-2-3-5-14(13)25-12-19-11-20-25/h2-5,11-12H,6-10H2,1H3. The van der Waals surface area contributed by atoms with Gasteiger partial charge in [-0.05, 0) is 18.6 Å². The van der Waals surface area contributed by atoms with Crippen molar-refractivity contribution in [1.29, 1.82) is 0 Å². The maximum Gasteiger partial charge on any atom is 0.345 e. The average Bonchev–Trinajstić information content (AvgIpc) is 3.44. The van der Waals surface area contributed by atoms with E-state index in [-0.39, 0.29) is 18.2 Å². The summed E-state index contributed by atoms with van der Waals surface area (Å²) in [4.78, 5) is 31.3. The molecule has 1 aromatic carbocycles. The summed E-state index contributed by atoms with van der Waals surface area (Å²) < 4.78 is 10.6. The monoisotopic (exact) mass is 381 g/mol. The zero-order valence-electron chi connectivity index (χ0n) is 15.4. The number of fused-ring (bicyclic) bond motifs is 1. The van der Waals surface area contributed by atoms with Gasteiger partial charge in [0.25, 0.3) is 5.91 Å². The number of ether oxygens (including phenoxy) is 1. The van der Waals surface area contributed by atoms with Gasteiger partial charge in [0.05, 0.1) is 24.3 Å². The van der Waals surface area contributed by atoms with Gasteiger partial charge < -0.3 is 9.64 Å². The van der Waals surface area contributed by atoms with Crippen LogP contribution in [0.3, 0.4) is 0 Å². The molecule has 144 valence electrons. The van der Waals surface area contributed by atoms with Crippen molar-refractivity contribution in [3.05, 3.63) is 58.8 Å². The van der Waals surface area contributed by atoms with Gasteiger partial charge in [-0.15, -0.1) is 0 Å². The fourth-order valence-corrected chi connectivity index (χ4v) is 3.99. The topological polar surface area (TPSA) is 100 Å². The number of rotatable bonds is 2. The summed E-state index contributed by atoms with van der Waals surface area (Å²) in [7, 11) is 1.63. The van der Waals surface area contributed by atoms with Crippen molar-refractivity contribution in [2.75, 3.05) is 13.1 Å². The van der Waals surface area contributed by atoms with Crippen molar-refractivity contribution in [3.63, 3.8) is 0 Å². The molecule has 4 heterocycles. The molecule has 1 spiro atoms. The molecular formula is C18H19N7O3. The number of benzene rings is 1. The van der Waals surface area contributed by atoms with Crippen LogP contribution in [0.25, 0.3) is 5.69 Å². The fraction of sp³-hybridized carbons (Fsp3) is 0.389. The minimum Gasteiger partial charge on any atom is -0.363 e. The first-order valence-corrected chi connectivity index (χ1v) is 9.06. The number of amides is 1. The first kappa shape index (κ1) is 16.9. The third kappa shape index (κ3) is 2.56. The van der Waals surface area contributed by atoms with Gasteiger partial charge in [0.2, 0.25) is 0 Å². The fourth-order valence-electron chi connectivity index (χ4n) is 3.99. The van der Waals surface area contributed by atoms with Gasteiger partial charge in [0.1, 0.15) is 24.9 Å². The van der Waals surface area contributed by atoms with E-state index in [1.807, 2.05) is 18.2 Å². The Morgan fingerprint density at radius 3 is 2.93 bits per heavy atom. The number of likely N-dealkylation sites (tertiary alicyclic amines) is 1. The first-order valence-electron chi connectivity index (χ1n) is 9.06. The molecular weight excluding hydrogens is 362 g/mol. The second kappa shape index (κ2) is 6.13. The van der Waals surface area contributed by atoms with Crippen LogP contribution in [0.5, 0.6) is 0 Å². The molecule has 1 fully saturated rings. The number of hydrogen-bond acceptors (Lipinski definition) is 6. The smallest absolute Gasteiger partial charge is 0.345 e. The van der Waals surface area contributed by atoms with Crippen LogP contribution in [0, 0.1) is 0 Å². The lowest BCUT2D eigenvalue weighted by molar-refractivity contribution is -0.0816. The largest absolute Gasteiger partial charge is 0.363 e. The second-order valence-corrected chi connectivity index (χ2v) is 7.21. The molecule has 1 amide bonds. The predicted molar refractivity (Wildman–Crippen MR) is 96.9 cm³/mol. The van der Waals surface area contributed by atoms with Crippen molar-refractivity contribution in [2.45, 2.75) is 25.2 Å². The highest BCUT2D eigenvalue weighted by Gasteiger charge is 2.45. The van der Waals surface area contributed by atoms with Crippen molar-refractivity contribution in [2.24, 2.45) is 7.05 Å². The highest BCUT2D eigenvalue weighted by Crippen LogP contribution is 2.32. The SMILES string of the molecule is Cn1nc2n(c1=O)CC1(CCN(C(=O)c3ccccc3-n3cncn3)C1)OC2. The number of nitrogens with zero attached hydrogens (tertiary/aromatic N) is 7. The maximum absolute atomic E-state index is 13.2. The van der Waals surface area contributed by atoms with E-state index in [0.717, 1.165) is 0 Å². The van der Waals surface area contributed by atoms with Crippen LogP contribution in [0.1, 0.15) is 22.6 Å². The molecule has 3 aromatic rings. The van der Waals surface area contributed by atoms with Crippen molar-refractivity contribution in [1.82, 2.24) is 34.0 Å². The van der Waals surface area contributed by atoms with Crippen LogP contribution < -0.4 is 5.69 Å². The van der Waals surface area contributed by atoms with Crippen LogP contribution in [-0.2, 0) is 24.9 Å². The van der Waals surface area contributed by atoms with Crippen LogP contribution in [0.4, 0.5) is 0 Å². The molecule has 2 aliphatic rings. The molecule has 10 nitrogen and oxygen atoms in total. The summed E-state index contributed by atoms with van der Waals surface area (Å²) in [6.45, 7) is 1.67. The molecule has 2 aliphatic heterocycles. The summed E-state index contributed by atoms with van der Waals surface area (Å²) in [6, 6.07) is 7.32. The van der Waals surface area contributed by atoms with Crippen molar-refractivity contribution < 1.29 is 9.53 Å². The summed E-state index contributed by atoms with van der Waals surface area (Å²) in [5.74, 6) is 0.537. The first-order chi connectivity index (χ1) is 13.6. The molecule has 5 rings (SSSR count). The Labute approximate surface area is 160 Å². The van der Waals surface area contributed by atoms with Crippen LogP contribution in [0.15, 0.2) is 41.7 Å². The second-order valence-electron chi connectivity index (χ2n) is 7.21. The molecule has 28 heavy (non-hydrogen) atoms. The Hall–Kier alpha value is -3.27. The van der Waals surface area contributed by atoms with Gasteiger partial charge in [0.15, 0.2) is 5.82 Å². The van der Waals surface area contributed by atoms with Gasteiger partial charge in [-0.3, -0.25) is 9.36 Å². The van der Waals surface area contributed by atoms with Gasteiger partial charge in [-0.25, -0.2) is 19.1 Å². The highest BCUT2D eigenvalue weighted by atomic mass is 16.5. The molecule has 2 aromatic heterocycles. The summed E-state index contributed by atoms with van der Waals surface area (Å²) >= 11 is 0. The van der Waals surface area contributed by atoms with E-state index in [1.165, 1.54) is 11.0 Å². The zero-order valence-corrected chi connectivity index (χ0v) is 15.4. The molecule has 10 heteroatoms. The normalized spacial score (nSPS) is 21.2. The number of carbonyl (C=O) groups excluding carboxylic acids is 1. The molecule has 1 atom stereocenters. The quantitative estimate of drug-likeness (QED) is 0.618. The molecule has 0 aliphatic carbocycles. The lowest BCUT2D eigenvalue weighted by atomic mass is 10.0. The lowest BCUT2D eigenvalue weighted by Crippen LogP contribution is -2.47. The Kier molecular flexibility index (Phi) is 3.69. The van der Waals surface area contributed by atoms with Crippen LogP contribution in [0.2, 0.25) is 0 Å². The molecule has 1 unspecified atom stereocenters. The van der Waals surface area contributed by atoms with Gasteiger partial charge in [-0.2, -0.15) is 10.2 Å². The van der Waals surface area contributed by atoms with Gasteiger partial charge in [-0.1, -0.05) is 12.1 Å². The molecule has 0 N–H and O–H groups in total. The minimum absolute atomic E-state index is 0.0871. The van der Waals surface area contributed by atoms with Crippen LogP contribution in [-0.4, -0.2) is 58.6 Å². The summed E-state index contributed by atoms with van der Waals surface area (Å²) in [6.07, 6.45) is 3.67. The Morgan fingerprint density at radius 1 is 1.25 bits per heavy atom. The third-order valence-electron chi connectivity index (χ3n) is 5.44. The third-order valence-corrected chi connectivity index (χ3v) is 5.44. The predicted octanol–water partition coefficient (Wildman–Crippen LogP) is -0.0224. The Bertz CT molecular complexity index is 1100. The van der Waals surface area contributed by atoms with E-state index in [4.69, 9.17) is 4.74 Å². The van der Waals surface area contributed by atoms with Gasteiger partial charge in [0, 0.05) is 13.6 Å². The molecule has 1 saturated heterocycles. The average molecular weight is 381 g/mol. The number of aryl methyl sites for hydroxylation is 1. The maximum atomic E-state index is 13.2. The van der Waals surface area contributed by atoms with Gasteiger partial charge >= 0.3 is 5.69 Å². The Balaban J connectivity index is 1.41. The lowest BCUT2D eigenvalue weighted by Gasteiger charge is -2.33. The van der Waals surface area contributed by atoms with Crippen molar-refractivity contribution >= 4 is 5.91 Å². The van der Waals surface area contributed by atoms with E-state index in [9.17, 15) is 9.59 Å². The summed E-state index contributed by atoms with van der Waals surface area (Å²) in [5, 5.41) is 8.33. The molecule has 0 saturated carbocycles. The van der Waals surface area contributed by atoms with E-state index in [2.05, 4.69) is 15.2 Å². The minimum atomic E-state index is -0.558. The number of para-hydroxylation sites is 1. The Morgan fingerprint density at radius 2 is 2.11 bits per heavy atom. The molecule has 0 bridgehead atoms. The number of aromatic nitrogens is 6. The highest BCUT2D eigenvalue weighted by molar-refractivity contribution is 5.98. The van der Waals surface area contributed by atoms with Crippen molar-refractivity contribution in [3.8, 4) is 5.69 Å². The van der Waals surface area contributed by atoms with E-state index in [1.54, 1.807) is 33.6 Å². The number of carbonyl (C=O) groups is 1. The summed E-state index contributed by atoms with van der Waals surface area (Å²) in [5.41, 5.74) is 0.526.